The zero-order valence-corrected chi connectivity index (χ0v) is 14.0. The summed E-state index contributed by atoms with van der Waals surface area (Å²) in [6.07, 6.45) is 6.39. The quantitative estimate of drug-likeness (QED) is 0.366. The van der Waals surface area contributed by atoms with Crippen LogP contribution in [0.2, 0.25) is 0 Å². The summed E-state index contributed by atoms with van der Waals surface area (Å²) in [6, 6.07) is 0. The maximum atomic E-state index is 5.50. The lowest BCUT2D eigenvalue weighted by Gasteiger charge is -2.12. The molecule has 0 radical (unpaired) electrons. The van der Waals surface area contributed by atoms with Gasteiger partial charge in [0, 0.05) is 24.5 Å². The fourth-order valence-corrected chi connectivity index (χ4v) is 2.21. The van der Waals surface area contributed by atoms with Crippen molar-refractivity contribution in [1.82, 2.24) is 0 Å². The van der Waals surface area contributed by atoms with E-state index in [1.807, 2.05) is 13.8 Å². The first-order valence-corrected chi connectivity index (χ1v) is 8.15. The second kappa shape index (κ2) is 10.9. The molecule has 1 heterocycles. The summed E-state index contributed by atoms with van der Waals surface area (Å²) >= 11 is 0. The summed E-state index contributed by atoms with van der Waals surface area (Å²) < 4.78 is 0. The average molecular weight is 306 g/mol. The molecule has 1 rings (SSSR count). The Morgan fingerprint density at radius 3 is 1.55 bits per heavy atom. The van der Waals surface area contributed by atoms with Gasteiger partial charge in [-0.15, -0.1) is 0 Å². The van der Waals surface area contributed by atoms with Gasteiger partial charge in [0.05, 0.1) is 24.8 Å². The molecule has 6 heteroatoms. The van der Waals surface area contributed by atoms with Crippen LogP contribution in [0.4, 0.5) is 0 Å². The van der Waals surface area contributed by atoms with Gasteiger partial charge < -0.3 is 11.5 Å². The number of rotatable bonds is 10. The van der Waals surface area contributed by atoms with E-state index in [0.29, 0.717) is 11.7 Å². The molecule has 4 N–H and O–H groups in total. The van der Waals surface area contributed by atoms with Crippen molar-refractivity contribution < 1.29 is 0 Å². The number of hydrogen-bond acceptors (Lipinski definition) is 4. The van der Waals surface area contributed by atoms with Crippen molar-refractivity contribution in [2.75, 3.05) is 26.2 Å². The van der Waals surface area contributed by atoms with Gasteiger partial charge >= 0.3 is 0 Å². The summed E-state index contributed by atoms with van der Waals surface area (Å²) in [5, 5.41) is 0. The topological polar surface area (TPSA) is 101 Å². The van der Waals surface area contributed by atoms with Gasteiger partial charge in [-0.1, -0.05) is 0 Å². The van der Waals surface area contributed by atoms with Gasteiger partial charge in [-0.2, -0.15) is 0 Å². The lowest BCUT2D eigenvalue weighted by molar-refractivity contribution is 0.757. The summed E-state index contributed by atoms with van der Waals surface area (Å²) in [5.41, 5.74) is 13.4. The number of aliphatic imine (C=N–C) groups is 4. The van der Waals surface area contributed by atoms with Crippen LogP contribution in [0.1, 0.15) is 52.4 Å². The third-order valence-electron chi connectivity index (χ3n) is 3.44. The molecular weight excluding hydrogens is 276 g/mol. The molecule has 1 aliphatic heterocycles. The third-order valence-corrected chi connectivity index (χ3v) is 3.44. The van der Waals surface area contributed by atoms with Gasteiger partial charge in [0.2, 0.25) is 0 Å². The normalized spacial score (nSPS) is 16.5. The highest BCUT2D eigenvalue weighted by Gasteiger charge is 2.07. The first kappa shape index (κ1) is 18.3. The van der Waals surface area contributed by atoms with Gasteiger partial charge in [-0.05, 0) is 52.4 Å². The summed E-state index contributed by atoms with van der Waals surface area (Å²) in [6.45, 7) is 6.82. The zero-order valence-electron chi connectivity index (χ0n) is 14.0. The van der Waals surface area contributed by atoms with Crippen LogP contribution in [0.25, 0.3) is 0 Å². The van der Waals surface area contributed by atoms with Crippen LogP contribution in [0, 0.1) is 0 Å². The first-order chi connectivity index (χ1) is 10.6. The predicted molar refractivity (Wildman–Crippen MR) is 96.6 cm³/mol. The Kier molecular flexibility index (Phi) is 9.11. The number of hydrogen-bond donors (Lipinski definition) is 2. The standard InChI is InChI=1S/C16H30N6/c1-13(17)19-9-5-3-7-15-11-22-16(12-21-15)8-4-6-10-20-14(2)18/h3-12H2,1-2H3,(H2,17,19)(H2,18,20). The van der Waals surface area contributed by atoms with Crippen molar-refractivity contribution in [1.29, 1.82) is 0 Å². The van der Waals surface area contributed by atoms with E-state index in [0.717, 1.165) is 64.7 Å². The van der Waals surface area contributed by atoms with E-state index in [-0.39, 0.29) is 0 Å². The molecule has 0 aromatic carbocycles. The minimum absolute atomic E-state index is 0.663. The molecule has 6 nitrogen and oxygen atoms in total. The van der Waals surface area contributed by atoms with E-state index in [2.05, 4.69) is 20.0 Å². The van der Waals surface area contributed by atoms with E-state index in [9.17, 15) is 0 Å². The van der Waals surface area contributed by atoms with Crippen LogP contribution in [0.5, 0.6) is 0 Å². The molecule has 0 unspecified atom stereocenters. The van der Waals surface area contributed by atoms with Crippen LogP contribution in [0.3, 0.4) is 0 Å². The van der Waals surface area contributed by atoms with Crippen LogP contribution >= 0.6 is 0 Å². The molecule has 0 saturated carbocycles. The van der Waals surface area contributed by atoms with E-state index >= 15 is 0 Å². The minimum atomic E-state index is 0.663. The monoisotopic (exact) mass is 306 g/mol. The fourth-order valence-electron chi connectivity index (χ4n) is 2.21. The predicted octanol–water partition coefficient (Wildman–Crippen LogP) is 1.98. The van der Waals surface area contributed by atoms with Crippen molar-refractivity contribution in [2.24, 2.45) is 31.4 Å². The van der Waals surface area contributed by atoms with Crippen molar-refractivity contribution in [3.05, 3.63) is 0 Å². The molecular formula is C16H30N6. The largest absolute Gasteiger partial charge is 0.388 e. The van der Waals surface area contributed by atoms with Crippen LogP contribution < -0.4 is 11.5 Å². The molecule has 0 bridgehead atoms. The van der Waals surface area contributed by atoms with Crippen LogP contribution in [-0.2, 0) is 0 Å². The zero-order chi connectivity index (χ0) is 16.2. The molecule has 0 spiro atoms. The van der Waals surface area contributed by atoms with E-state index < -0.39 is 0 Å². The Balaban J connectivity index is 2.09. The minimum Gasteiger partial charge on any atom is -0.388 e. The summed E-state index contributed by atoms with van der Waals surface area (Å²) in [4.78, 5) is 17.7. The maximum Gasteiger partial charge on any atom is 0.0905 e. The molecule has 0 atom stereocenters. The first-order valence-electron chi connectivity index (χ1n) is 8.15. The van der Waals surface area contributed by atoms with E-state index in [1.54, 1.807) is 0 Å². The van der Waals surface area contributed by atoms with E-state index in [4.69, 9.17) is 11.5 Å². The second-order valence-corrected chi connectivity index (χ2v) is 5.73. The summed E-state index contributed by atoms with van der Waals surface area (Å²) in [7, 11) is 0. The lowest BCUT2D eigenvalue weighted by atomic mass is 10.1. The van der Waals surface area contributed by atoms with Gasteiger partial charge in [-0.3, -0.25) is 20.0 Å². The molecule has 0 saturated heterocycles. The summed E-state index contributed by atoms with van der Waals surface area (Å²) in [5.74, 6) is 1.33. The molecule has 22 heavy (non-hydrogen) atoms. The molecule has 0 aromatic rings. The second-order valence-electron chi connectivity index (χ2n) is 5.73. The number of nitrogens with zero attached hydrogens (tertiary/aromatic N) is 4. The van der Waals surface area contributed by atoms with E-state index in [1.165, 1.54) is 11.4 Å². The van der Waals surface area contributed by atoms with Crippen molar-refractivity contribution in [3.63, 3.8) is 0 Å². The molecule has 124 valence electrons. The molecule has 1 aliphatic rings. The fraction of sp³-hybridized carbons (Fsp3) is 0.750. The Morgan fingerprint density at radius 1 is 0.818 bits per heavy atom. The highest BCUT2D eigenvalue weighted by atomic mass is 14.9. The third kappa shape index (κ3) is 9.26. The molecule has 0 aliphatic carbocycles. The lowest BCUT2D eigenvalue weighted by Crippen LogP contribution is -2.17. The number of amidine groups is 2. The number of unbranched alkanes of at least 4 members (excludes halogenated alkanes) is 2. The van der Waals surface area contributed by atoms with Crippen molar-refractivity contribution in [2.45, 2.75) is 52.4 Å². The SMILES string of the molecule is CC(N)=NCCCCC1=NCC(CCCCN=C(C)N)=NC1. The Bertz CT molecular complexity index is 398. The maximum absolute atomic E-state index is 5.50. The smallest absolute Gasteiger partial charge is 0.0905 e. The van der Waals surface area contributed by atoms with Gasteiger partial charge in [0.1, 0.15) is 0 Å². The van der Waals surface area contributed by atoms with Crippen molar-refractivity contribution >= 4 is 23.1 Å². The number of nitrogens with two attached hydrogens (primary N) is 2. The Hall–Kier alpha value is -1.72. The Labute approximate surface area is 133 Å². The molecule has 0 aromatic heterocycles. The van der Waals surface area contributed by atoms with Gasteiger partial charge in [-0.25, -0.2) is 0 Å². The van der Waals surface area contributed by atoms with Gasteiger partial charge in [0.15, 0.2) is 0 Å². The van der Waals surface area contributed by atoms with Crippen molar-refractivity contribution in [3.8, 4) is 0 Å². The van der Waals surface area contributed by atoms with Crippen LogP contribution in [-0.4, -0.2) is 49.3 Å². The van der Waals surface area contributed by atoms with Crippen LogP contribution in [0.15, 0.2) is 20.0 Å². The molecule has 0 fully saturated rings. The van der Waals surface area contributed by atoms with Gasteiger partial charge in [0.25, 0.3) is 0 Å². The highest BCUT2D eigenvalue weighted by Crippen LogP contribution is 2.07. The Morgan fingerprint density at radius 2 is 1.23 bits per heavy atom. The highest BCUT2D eigenvalue weighted by molar-refractivity contribution is 5.96. The average Bonchev–Trinajstić information content (AvgIpc) is 2.47. The molecule has 0 amide bonds.